The molecule has 0 atom stereocenters. The fraction of sp³-hybridized carbons (Fsp3) is 0.333. The molecule has 0 saturated carbocycles. The van der Waals surface area contributed by atoms with E-state index in [9.17, 15) is 4.79 Å². The third-order valence-corrected chi connectivity index (χ3v) is 2.77. The van der Waals surface area contributed by atoms with Crippen LogP contribution in [0.4, 0.5) is 0 Å². The van der Waals surface area contributed by atoms with Crippen molar-refractivity contribution in [2.45, 2.75) is 0 Å². The van der Waals surface area contributed by atoms with Crippen LogP contribution < -0.4 is 0 Å². The van der Waals surface area contributed by atoms with Crippen molar-refractivity contribution in [1.82, 2.24) is 25.1 Å². The Morgan fingerprint density at radius 2 is 2.26 bits per heavy atom. The molecule has 2 aromatic rings. The standard InChI is InChI=1S/C12H15N5O2/c1-16(6-7-18)12(19)10-5-3-4-9(8-10)11-13-14-15-17(11)2/h3-5,8,18H,6-7H2,1-2H3. The Hall–Kier alpha value is -2.28. The van der Waals surface area contributed by atoms with E-state index >= 15 is 0 Å². The molecule has 1 N–H and O–H groups in total. The maximum Gasteiger partial charge on any atom is 0.253 e. The van der Waals surface area contributed by atoms with Crippen molar-refractivity contribution < 1.29 is 9.90 Å². The number of aryl methyl sites for hydroxylation is 1. The number of amides is 1. The van der Waals surface area contributed by atoms with Gasteiger partial charge in [0, 0.05) is 31.8 Å². The Labute approximate surface area is 110 Å². The summed E-state index contributed by atoms with van der Waals surface area (Å²) in [7, 11) is 3.39. The van der Waals surface area contributed by atoms with Crippen molar-refractivity contribution in [2.75, 3.05) is 20.2 Å². The lowest BCUT2D eigenvalue weighted by Crippen LogP contribution is -2.29. The number of aliphatic hydroxyl groups is 1. The van der Waals surface area contributed by atoms with E-state index in [0.29, 0.717) is 17.9 Å². The van der Waals surface area contributed by atoms with Gasteiger partial charge in [0.1, 0.15) is 0 Å². The predicted octanol–water partition coefficient (Wildman–Crippen LogP) is -0.0586. The van der Waals surface area contributed by atoms with Crippen molar-refractivity contribution in [2.24, 2.45) is 7.05 Å². The Bertz CT molecular complexity index is 581. The van der Waals surface area contributed by atoms with Crippen LogP contribution in [-0.2, 0) is 7.05 Å². The van der Waals surface area contributed by atoms with Crippen LogP contribution in [0.5, 0.6) is 0 Å². The molecule has 0 bridgehead atoms. The summed E-state index contributed by atoms with van der Waals surface area (Å²) in [6, 6.07) is 7.09. The van der Waals surface area contributed by atoms with Gasteiger partial charge in [0.2, 0.25) is 0 Å². The number of carbonyl (C=O) groups excluding carboxylic acids is 1. The summed E-state index contributed by atoms with van der Waals surface area (Å²) in [6.45, 7) is 0.240. The third-order valence-electron chi connectivity index (χ3n) is 2.77. The van der Waals surface area contributed by atoms with Gasteiger partial charge < -0.3 is 10.0 Å². The molecule has 2 rings (SSSR count). The number of benzene rings is 1. The summed E-state index contributed by atoms with van der Waals surface area (Å²) in [4.78, 5) is 13.6. The van der Waals surface area contributed by atoms with Gasteiger partial charge in [-0.15, -0.1) is 5.10 Å². The minimum Gasteiger partial charge on any atom is -0.395 e. The van der Waals surface area contributed by atoms with Crippen molar-refractivity contribution in [1.29, 1.82) is 0 Å². The first-order valence-electron chi connectivity index (χ1n) is 5.82. The monoisotopic (exact) mass is 261 g/mol. The van der Waals surface area contributed by atoms with E-state index in [1.54, 1.807) is 37.0 Å². The van der Waals surface area contributed by atoms with Crippen LogP contribution >= 0.6 is 0 Å². The first kappa shape index (κ1) is 13.2. The second kappa shape index (κ2) is 5.57. The highest BCUT2D eigenvalue weighted by atomic mass is 16.3. The number of likely N-dealkylation sites (N-methyl/N-ethyl adjacent to an activating group) is 1. The van der Waals surface area contributed by atoms with Gasteiger partial charge in [0.05, 0.1) is 6.61 Å². The maximum atomic E-state index is 12.1. The molecular formula is C12H15N5O2. The fourth-order valence-electron chi connectivity index (χ4n) is 1.74. The average Bonchev–Trinajstić information content (AvgIpc) is 2.84. The van der Waals surface area contributed by atoms with Gasteiger partial charge in [0.25, 0.3) is 5.91 Å². The van der Waals surface area contributed by atoms with Crippen LogP contribution in [-0.4, -0.2) is 56.3 Å². The molecule has 0 aliphatic heterocycles. The van der Waals surface area contributed by atoms with Gasteiger partial charge in [-0.25, -0.2) is 4.68 Å². The van der Waals surface area contributed by atoms with Crippen LogP contribution in [0, 0.1) is 0 Å². The molecule has 0 saturated heterocycles. The zero-order valence-corrected chi connectivity index (χ0v) is 10.8. The Morgan fingerprint density at radius 3 is 2.89 bits per heavy atom. The maximum absolute atomic E-state index is 12.1. The van der Waals surface area contributed by atoms with Crippen LogP contribution in [0.25, 0.3) is 11.4 Å². The van der Waals surface area contributed by atoms with Crippen molar-refractivity contribution in [3.63, 3.8) is 0 Å². The molecule has 100 valence electrons. The van der Waals surface area contributed by atoms with E-state index in [1.165, 1.54) is 4.90 Å². The number of carbonyl (C=O) groups is 1. The third kappa shape index (κ3) is 2.76. The van der Waals surface area contributed by atoms with Gasteiger partial charge >= 0.3 is 0 Å². The lowest BCUT2D eigenvalue weighted by Gasteiger charge is -2.15. The van der Waals surface area contributed by atoms with Gasteiger partial charge in [-0.1, -0.05) is 12.1 Å². The fourth-order valence-corrected chi connectivity index (χ4v) is 1.74. The second-order valence-corrected chi connectivity index (χ2v) is 4.16. The SMILES string of the molecule is CN(CCO)C(=O)c1cccc(-c2nnnn2C)c1. The molecule has 1 aromatic carbocycles. The van der Waals surface area contributed by atoms with Crippen molar-refractivity contribution >= 4 is 5.91 Å². The van der Waals surface area contributed by atoms with E-state index in [0.717, 1.165) is 5.56 Å². The Balaban J connectivity index is 2.30. The number of hydrogen-bond donors (Lipinski definition) is 1. The molecule has 0 aliphatic carbocycles. The van der Waals surface area contributed by atoms with Crippen LogP contribution in [0.2, 0.25) is 0 Å². The number of tetrazole rings is 1. The highest BCUT2D eigenvalue weighted by Crippen LogP contribution is 2.17. The predicted molar refractivity (Wildman–Crippen MR) is 68.3 cm³/mol. The summed E-state index contributed by atoms with van der Waals surface area (Å²) >= 11 is 0. The topological polar surface area (TPSA) is 84.1 Å². The van der Waals surface area contributed by atoms with E-state index in [2.05, 4.69) is 15.5 Å². The zero-order chi connectivity index (χ0) is 13.8. The summed E-state index contributed by atoms with van der Waals surface area (Å²) in [6.07, 6.45) is 0. The number of nitrogens with zero attached hydrogens (tertiary/aromatic N) is 5. The molecule has 0 spiro atoms. The first-order valence-corrected chi connectivity index (χ1v) is 5.82. The molecule has 1 amide bonds. The average molecular weight is 261 g/mol. The van der Waals surface area contributed by atoms with Gasteiger partial charge in [0.15, 0.2) is 5.82 Å². The van der Waals surface area contributed by atoms with E-state index in [4.69, 9.17) is 5.11 Å². The highest BCUT2D eigenvalue weighted by molar-refractivity contribution is 5.95. The molecule has 19 heavy (non-hydrogen) atoms. The highest BCUT2D eigenvalue weighted by Gasteiger charge is 2.13. The number of rotatable bonds is 4. The second-order valence-electron chi connectivity index (χ2n) is 4.16. The molecule has 1 aromatic heterocycles. The van der Waals surface area contributed by atoms with Crippen LogP contribution in [0.15, 0.2) is 24.3 Å². The number of aromatic nitrogens is 4. The molecule has 0 aliphatic rings. The molecule has 0 radical (unpaired) electrons. The lowest BCUT2D eigenvalue weighted by molar-refractivity contribution is 0.0767. The molecule has 1 heterocycles. The van der Waals surface area contributed by atoms with Gasteiger partial charge in [-0.05, 0) is 22.6 Å². The minimum atomic E-state index is -0.147. The summed E-state index contributed by atoms with van der Waals surface area (Å²) in [5.41, 5.74) is 1.31. The van der Waals surface area contributed by atoms with Gasteiger partial charge in [-0.2, -0.15) is 0 Å². The van der Waals surface area contributed by atoms with Crippen molar-refractivity contribution in [3.8, 4) is 11.4 Å². The Morgan fingerprint density at radius 1 is 1.47 bits per heavy atom. The number of aliphatic hydroxyl groups excluding tert-OH is 1. The smallest absolute Gasteiger partial charge is 0.253 e. The summed E-state index contributed by atoms with van der Waals surface area (Å²) < 4.78 is 1.54. The van der Waals surface area contributed by atoms with E-state index in [-0.39, 0.29) is 12.5 Å². The van der Waals surface area contributed by atoms with E-state index in [1.807, 2.05) is 6.07 Å². The molecular weight excluding hydrogens is 246 g/mol. The largest absolute Gasteiger partial charge is 0.395 e. The zero-order valence-electron chi connectivity index (χ0n) is 10.8. The van der Waals surface area contributed by atoms with Crippen LogP contribution in [0.1, 0.15) is 10.4 Å². The van der Waals surface area contributed by atoms with Gasteiger partial charge in [-0.3, -0.25) is 4.79 Å². The number of hydrogen-bond acceptors (Lipinski definition) is 5. The molecule has 0 fully saturated rings. The molecule has 0 unspecified atom stereocenters. The lowest BCUT2D eigenvalue weighted by atomic mass is 10.1. The van der Waals surface area contributed by atoms with Crippen LogP contribution in [0.3, 0.4) is 0 Å². The summed E-state index contributed by atoms with van der Waals surface area (Å²) in [5.74, 6) is 0.450. The minimum absolute atomic E-state index is 0.0604. The summed E-state index contributed by atoms with van der Waals surface area (Å²) in [5, 5.41) is 20.1. The quantitative estimate of drug-likeness (QED) is 0.833. The normalized spacial score (nSPS) is 10.5. The first-order chi connectivity index (χ1) is 9.13. The van der Waals surface area contributed by atoms with Crippen molar-refractivity contribution in [3.05, 3.63) is 29.8 Å². The molecule has 7 nitrogen and oxygen atoms in total. The van der Waals surface area contributed by atoms with E-state index < -0.39 is 0 Å². The molecule has 7 heteroatoms. The Kier molecular flexibility index (Phi) is 3.86.